The van der Waals surface area contributed by atoms with Crippen molar-refractivity contribution in [2.75, 3.05) is 26.6 Å². The molecule has 73 valence electrons. The number of unbranched alkanes of at least 4 members (excludes halogenated alkanes) is 2. The summed E-state index contributed by atoms with van der Waals surface area (Å²) in [4.78, 5) is 0. The molecule has 0 saturated carbocycles. The van der Waals surface area contributed by atoms with Crippen molar-refractivity contribution in [3.63, 3.8) is 0 Å². The van der Waals surface area contributed by atoms with Gasteiger partial charge in [0, 0.05) is 19.8 Å². The van der Waals surface area contributed by atoms with Gasteiger partial charge < -0.3 is 9.47 Å². The highest BCUT2D eigenvalue weighted by Gasteiger charge is 1.89. The van der Waals surface area contributed by atoms with Crippen LogP contribution in [0.4, 0.5) is 0 Å². The first-order valence-electron chi connectivity index (χ1n) is 4.65. The Morgan fingerprint density at radius 2 is 1.50 bits per heavy atom. The maximum atomic E-state index is 9.85. The summed E-state index contributed by atoms with van der Waals surface area (Å²) in [7, 11) is 0. The molecule has 3 nitrogen and oxygen atoms in total. The molecule has 0 aromatic carbocycles. The molecule has 3 heteroatoms. The van der Waals surface area contributed by atoms with E-state index in [1.54, 1.807) is 0 Å². The third-order valence-electron chi connectivity index (χ3n) is 1.55. The first-order chi connectivity index (χ1) is 5.91. The van der Waals surface area contributed by atoms with Crippen molar-refractivity contribution >= 4 is 0 Å². The molecule has 0 unspecified atom stereocenters. The van der Waals surface area contributed by atoms with Crippen LogP contribution in [0, 0.1) is 0 Å². The molecule has 0 aliphatic carbocycles. The molecule has 0 heterocycles. The van der Waals surface area contributed by atoms with E-state index in [9.17, 15) is 5.11 Å². The maximum absolute atomic E-state index is 9.85. The van der Waals surface area contributed by atoms with E-state index in [1.165, 1.54) is 6.42 Å². The number of ether oxygens (including phenoxy) is 2. The van der Waals surface area contributed by atoms with Crippen LogP contribution < -0.4 is 0 Å². The third kappa shape index (κ3) is 9.88. The highest BCUT2D eigenvalue weighted by atomic mass is 16.6. The van der Waals surface area contributed by atoms with Gasteiger partial charge in [0.15, 0.2) is 6.79 Å². The second-order valence-electron chi connectivity index (χ2n) is 2.70. The molecule has 0 spiro atoms. The molecule has 0 fully saturated rings. The zero-order valence-corrected chi connectivity index (χ0v) is 7.88. The van der Waals surface area contributed by atoms with Crippen molar-refractivity contribution in [3.8, 4) is 0 Å². The molecular weight excluding hydrogens is 156 g/mol. The van der Waals surface area contributed by atoms with Gasteiger partial charge in [-0.3, -0.25) is 0 Å². The Hall–Kier alpha value is -0.120. The number of hydrogen-bond donors (Lipinski definition) is 0. The molecule has 0 amide bonds. The summed E-state index contributed by atoms with van der Waals surface area (Å²) < 4.78 is 9.97. The normalized spacial score (nSPS) is 10.5. The molecule has 0 saturated heterocycles. The maximum Gasteiger partial charge on any atom is 0.180 e. The molecule has 0 bridgehead atoms. The largest absolute Gasteiger partial charge is 0.381 e. The van der Waals surface area contributed by atoms with E-state index in [4.69, 9.17) is 4.74 Å². The molecule has 0 aromatic heterocycles. The van der Waals surface area contributed by atoms with Crippen LogP contribution in [0.5, 0.6) is 0 Å². The zero-order chi connectivity index (χ0) is 9.07. The van der Waals surface area contributed by atoms with Crippen molar-refractivity contribution in [2.45, 2.75) is 32.6 Å². The molecular formula is C9H19O3. The quantitative estimate of drug-likeness (QED) is 0.397. The Bertz CT molecular complexity index is 66.2. The SMILES string of the molecule is CCCCOCCCCOC[O]. The van der Waals surface area contributed by atoms with E-state index >= 15 is 0 Å². The van der Waals surface area contributed by atoms with Crippen molar-refractivity contribution in [1.82, 2.24) is 0 Å². The lowest BCUT2D eigenvalue weighted by atomic mass is 10.3. The van der Waals surface area contributed by atoms with Gasteiger partial charge in [0.05, 0.1) is 0 Å². The van der Waals surface area contributed by atoms with E-state index in [1.807, 2.05) is 0 Å². The van der Waals surface area contributed by atoms with Crippen LogP contribution in [0.2, 0.25) is 0 Å². The molecule has 0 atom stereocenters. The van der Waals surface area contributed by atoms with Gasteiger partial charge in [0.1, 0.15) is 0 Å². The lowest BCUT2D eigenvalue weighted by Crippen LogP contribution is -2.00. The highest BCUT2D eigenvalue weighted by molar-refractivity contribution is 4.38. The van der Waals surface area contributed by atoms with E-state index in [2.05, 4.69) is 11.7 Å². The van der Waals surface area contributed by atoms with Crippen molar-refractivity contribution in [1.29, 1.82) is 0 Å². The van der Waals surface area contributed by atoms with Gasteiger partial charge in [-0.2, -0.15) is 0 Å². The highest BCUT2D eigenvalue weighted by Crippen LogP contribution is 1.93. The zero-order valence-electron chi connectivity index (χ0n) is 7.88. The van der Waals surface area contributed by atoms with Crippen molar-refractivity contribution in [2.24, 2.45) is 0 Å². The minimum Gasteiger partial charge on any atom is -0.381 e. The fourth-order valence-electron chi connectivity index (χ4n) is 0.816. The predicted molar refractivity (Wildman–Crippen MR) is 46.5 cm³/mol. The Balaban J connectivity index is 2.73. The summed E-state index contributed by atoms with van der Waals surface area (Å²) in [5.41, 5.74) is 0. The van der Waals surface area contributed by atoms with Crippen LogP contribution in [0.25, 0.3) is 0 Å². The monoisotopic (exact) mass is 175 g/mol. The standard InChI is InChI=1S/C9H19O3/c1-2-3-6-11-7-4-5-8-12-9-10/h2-9H2,1H3. The van der Waals surface area contributed by atoms with Crippen LogP contribution >= 0.6 is 0 Å². The average molecular weight is 175 g/mol. The predicted octanol–water partition coefficient (Wildman–Crippen LogP) is 1.99. The summed E-state index contributed by atoms with van der Waals surface area (Å²) in [5, 5.41) is 9.85. The van der Waals surface area contributed by atoms with E-state index in [0.717, 1.165) is 32.5 Å². The van der Waals surface area contributed by atoms with Crippen molar-refractivity contribution < 1.29 is 14.6 Å². The summed E-state index contributed by atoms with van der Waals surface area (Å²) in [5.74, 6) is 0. The first kappa shape index (κ1) is 11.9. The molecule has 0 N–H and O–H groups in total. The molecule has 0 rings (SSSR count). The van der Waals surface area contributed by atoms with Gasteiger partial charge >= 0.3 is 0 Å². The molecule has 0 aliphatic heterocycles. The fraction of sp³-hybridized carbons (Fsp3) is 1.00. The third-order valence-corrected chi connectivity index (χ3v) is 1.55. The molecule has 0 aliphatic rings. The number of hydrogen-bond acceptors (Lipinski definition) is 2. The van der Waals surface area contributed by atoms with Gasteiger partial charge in [-0.15, -0.1) is 0 Å². The van der Waals surface area contributed by atoms with Crippen molar-refractivity contribution in [3.05, 3.63) is 0 Å². The molecule has 0 aromatic rings. The van der Waals surface area contributed by atoms with Crippen LogP contribution in [0.3, 0.4) is 0 Å². The molecule has 12 heavy (non-hydrogen) atoms. The van der Waals surface area contributed by atoms with Gasteiger partial charge in [0.2, 0.25) is 0 Å². The fourth-order valence-corrected chi connectivity index (χ4v) is 0.816. The average Bonchev–Trinajstić information content (AvgIpc) is 2.10. The second kappa shape index (κ2) is 10.9. The Morgan fingerprint density at radius 1 is 0.917 bits per heavy atom. The summed E-state index contributed by atoms with van der Waals surface area (Å²) in [6.07, 6.45) is 4.23. The van der Waals surface area contributed by atoms with Gasteiger partial charge in [-0.25, -0.2) is 5.11 Å². The lowest BCUT2D eigenvalue weighted by molar-refractivity contribution is -0.0458. The topological polar surface area (TPSA) is 38.4 Å². The van der Waals surface area contributed by atoms with Gasteiger partial charge in [0.25, 0.3) is 0 Å². The van der Waals surface area contributed by atoms with Crippen LogP contribution in [-0.4, -0.2) is 26.6 Å². The Labute approximate surface area is 74.7 Å². The first-order valence-corrected chi connectivity index (χ1v) is 4.65. The van der Waals surface area contributed by atoms with Crippen LogP contribution in [0.1, 0.15) is 32.6 Å². The van der Waals surface area contributed by atoms with E-state index in [-0.39, 0.29) is 0 Å². The van der Waals surface area contributed by atoms with E-state index < -0.39 is 6.79 Å². The van der Waals surface area contributed by atoms with Gasteiger partial charge in [-0.05, 0) is 19.3 Å². The lowest BCUT2D eigenvalue weighted by Gasteiger charge is -2.02. The van der Waals surface area contributed by atoms with E-state index in [0.29, 0.717) is 6.61 Å². The number of rotatable bonds is 9. The van der Waals surface area contributed by atoms with Gasteiger partial charge in [-0.1, -0.05) is 13.3 Å². The minimum absolute atomic E-state index is 0.420. The smallest absolute Gasteiger partial charge is 0.180 e. The van der Waals surface area contributed by atoms with Crippen LogP contribution in [-0.2, 0) is 14.6 Å². The molecule has 1 radical (unpaired) electrons. The Kier molecular flexibility index (Phi) is 10.8. The van der Waals surface area contributed by atoms with Crippen LogP contribution in [0.15, 0.2) is 0 Å². The Morgan fingerprint density at radius 3 is 2.08 bits per heavy atom. The summed E-state index contributed by atoms with van der Waals surface area (Å²) in [6, 6.07) is 0. The summed E-state index contributed by atoms with van der Waals surface area (Å²) in [6.45, 7) is 3.95. The second-order valence-corrected chi connectivity index (χ2v) is 2.70. The summed E-state index contributed by atoms with van der Waals surface area (Å²) >= 11 is 0. The minimum atomic E-state index is -0.420.